The number of aromatic nitrogens is 3. The Morgan fingerprint density at radius 1 is 1.00 bits per heavy atom. The maximum absolute atomic E-state index is 12.8. The van der Waals surface area contributed by atoms with E-state index in [1.807, 2.05) is 60.4 Å². The van der Waals surface area contributed by atoms with E-state index < -0.39 is 0 Å². The van der Waals surface area contributed by atoms with Crippen LogP contribution in [0, 0.1) is 10.5 Å². The molecule has 2 aromatic heterocycles. The van der Waals surface area contributed by atoms with Gasteiger partial charge in [-0.25, -0.2) is 4.98 Å². The predicted octanol–water partition coefficient (Wildman–Crippen LogP) is 3.49. The van der Waals surface area contributed by atoms with E-state index in [4.69, 9.17) is 0 Å². The largest absolute Gasteiger partial charge is 0.352 e. The molecule has 0 aliphatic carbocycles. The van der Waals surface area contributed by atoms with Gasteiger partial charge in [0.25, 0.3) is 5.91 Å². The molecular weight excluding hydrogens is 479 g/mol. The van der Waals surface area contributed by atoms with E-state index in [1.165, 1.54) is 0 Å². The maximum Gasteiger partial charge on any atom is 0.255 e. The summed E-state index contributed by atoms with van der Waals surface area (Å²) in [6, 6.07) is 15.5. The fraction of sp³-hybridized carbons (Fsp3) is 0.238. The van der Waals surface area contributed by atoms with Crippen molar-refractivity contribution in [2.75, 3.05) is 36.4 Å². The molecule has 0 unspecified atom stereocenters. The molecule has 1 fully saturated rings. The van der Waals surface area contributed by atoms with Crippen molar-refractivity contribution in [3.63, 3.8) is 0 Å². The van der Waals surface area contributed by atoms with Gasteiger partial charge in [-0.2, -0.15) is 0 Å². The SMILES string of the molecule is Cc1ccnc(Nc2ccc(N3CCN(C(=O)c4ccccc4I)CC3)nn2)c1. The number of halogens is 1. The number of carbonyl (C=O) groups excluding carboxylic acids is 1. The molecule has 0 radical (unpaired) electrons. The highest BCUT2D eigenvalue weighted by molar-refractivity contribution is 14.1. The first kappa shape index (κ1) is 19.6. The van der Waals surface area contributed by atoms with Gasteiger partial charge >= 0.3 is 0 Å². The lowest BCUT2D eigenvalue weighted by Gasteiger charge is -2.35. The average molecular weight is 500 g/mol. The molecule has 8 heteroatoms. The van der Waals surface area contributed by atoms with Crippen LogP contribution in [0.15, 0.2) is 54.7 Å². The van der Waals surface area contributed by atoms with Crippen LogP contribution in [0.2, 0.25) is 0 Å². The molecule has 1 saturated heterocycles. The van der Waals surface area contributed by atoms with Gasteiger partial charge in [0, 0.05) is 35.9 Å². The third kappa shape index (κ3) is 4.64. The van der Waals surface area contributed by atoms with E-state index in [1.54, 1.807) is 6.20 Å². The molecule has 1 aromatic carbocycles. The van der Waals surface area contributed by atoms with Crippen molar-refractivity contribution in [2.45, 2.75) is 6.92 Å². The predicted molar refractivity (Wildman–Crippen MR) is 122 cm³/mol. The van der Waals surface area contributed by atoms with Gasteiger partial charge in [0.15, 0.2) is 11.6 Å². The van der Waals surface area contributed by atoms with Crippen LogP contribution in [0.4, 0.5) is 17.5 Å². The van der Waals surface area contributed by atoms with Crippen molar-refractivity contribution in [2.24, 2.45) is 0 Å². The summed E-state index contributed by atoms with van der Waals surface area (Å²) in [6.45, 7) is 4.81. The molecule has 1 aliphatic heterocycles. The Bertz CT molecular complexity index is 1000. The second kappa shape index (κ2) is 8.73. The molecule has 4 rings (SSSR count). The van der Waals surface area contributed by atoms with Crippen LogP contribution in [-0.4, -0.2) is 52.2 Å². The van der Waals surface area contributed by atoms with Crippen LogP contribution in [0.1, 0.15) is 15.9 Å². The highest BCUT2D eigenvalue weighted by Crippen LogP contribution is 2.19. The quantitative estimate of drug-likeness (QED) is 0.553. The second-order valence-corrected chi connectivity index (χ2v) is 8.04. The number of benzene rings is 1. The number of amides is 1. The first-order valence-electron chi connectivity index (χ1n) is 9.42. The first-order chi connectivity index (χ1) is 14.1. The third-order valence-corrected chi connectivity index (χ3v) is 5.76. The standard InChI is InChI=1S/C21H21IN6O/c1-15-8-9-23-19(14-15)24-18-6-7-20(26-25-18)27-10-12-28(13-11-27)21(29)16-4-2-3-5-17(16)22/h2-9,14H,10-13H2,1H3,(H,23,24,25). The normalized spacial score (nSPS) is 14.0. The summed E-state index contributed by atoms with van der Waals surface area (Å²) in [7, 11) is 0. The number of piperazine rings is 1. The third-order valence-electron chi connectivity index (χ3n) is 4.82. The van der Waals surface area contributed by atoms with Gasteiger partial charge < -0.3 is 15.1 Å². The zero-order valence-corrected chi connectivity index (χ0v) is 18.2. The molecule has 3 aromatic rings. The van der Waals surface area contributed by atoms with Gasteiger partial charge in [-0.3, -0.25) is 4.79 Å². The molecule has 0 saturated carbocycles. The van der Waals surface area contributed by atoms with Crippen LogP contribution in [0.5, 0.6) is 0 Å². The summed E-state index contributed by atoms with van der Waals surface area (Å²) in [5.41, 5.74) is 1.89. The monoisotopic (exact) mass is 500 g/mol. The molecule has 0 spiro atoms. The number of rotatable bonds is 4. The number of hydrogen-bond acceptors (Lipinski definition) is 6. The molecule has 7 nitrogen and oxygen atoms in total. The maximum atomic E-state index is 12.8. The molecule has 148 valence electrons. The van der Waals surface area contributed by atoms with Gasteiger partial charge in [-0.15, -0.1) is 10.2 Å². The van der Waals surface area contributed by atoms with Crippen molar-refractivity contribution < 1.29 is 4.79 Å². The summed E-state index contributed by atoms with van der Waals surface area (Å²) >= 11 is 2.21. The molecule has 0 atom stereocenters. The first-order valence-corrected chi connectivity index (χ1v) is 10.5. The van der Waals surface area contributed by atoms with Crippen LogP contribution in [0.25, 0.3) is 0 Å². The van der Waals surface area contributed by atoms with Crippen LogP contribution >= 0.6 is 22.6 Å². The topological polar surface area (TPSA) is 74.2 Å². The Morgan fingerprint density at radius 3 is 2.48 bits per heavy atom. The van der Waals surface area contributed by atoms with Crippen LogP contribution in [0.3, 0.4) is 0 Å². The van der Waals surface area contributed by atoms with Gasteiger partial charge in [-0.1, -0.05) is 12.1 Å². The average Bonchev–Trinajstić information content (AvgIpc) is 2.74. The fourth-order valence-electron chi connectivity index (χ4n) is 3.24. The zero-order valence-electron chi connectivity index (χ0n) is 16.0. The molecule has 29 heavy (non-hydrogen) atoms. The van der Waals surface area contributed by atoms with E-state index in [0.29, 0.717) is 18.9 Å². The number of hydrogen-bond donors (Lipinski definition) is 1. The number of carbonyl (C=O) groups is 1. The van der Waals surface area contributed by atoms with Gasteiger partial charge in [0.05, 0.1) is 5.56 Å². The number of nitrogens with zero attached hydrogens (tertiary/aromatic N) is 5. The van der Waals surface area contributed by atoms with Crippen molar-refractivity contribution in [3.05, 3.63) is 69.4 Å². The summed E-state index contributed by atoms with van der Waals surface area (Å²) in [6.07, 6.45) is 1.76. The van der Waals surface area contributed by atoms with Gasteiger partial charge in [0.1, 0.15) is 5.82 Å². The Kier molecular flexibility index (Phi) is 5.89. The lowest BCUT2D eigenvalue weighted by molar-refractivity contribution is 0.0745. The molecule has 1 amide bonds. The van der Waals surface area contributed by atoms with E-state index in [9.17, 15) is 4.79 Å². The van der Waals surface area contributed by atoms with Crippen molar-refractivity contribution in [1.82, 2.24) is 20.1 Å². The minimum atomic E-state index is 0.0888. The van der Waals surface area contributed by atoms with Crippen LogP contribution < -0.4 is 10.2 Å². The highest BCUT2D eigenvalue weighted by atomic mass is 127. The molecular formula is C21H21IN6O. The summed E-state index contributed by atoms with van der Waals surface area (Å²) in [5, 5.41) is 11.8. The van der Waals surface area contributed by atoms with E-state index in [2.05, 4.69) is 48.0 Å². The number of pyridine rings is 1. The number of anilines is 3. The van der Waals surface area contributed by atoms with Crippen LogP contribution in [-0.2, 0) is 0 Å². The van der Waals surface area contributed by atoms with E-state index in [-0.39, 0.29) is 5.91 Å². The lowest BCUT2D eigenvalue weighted by atomic mass is 10.2. The molecule has 3 heterocycles. The van der Waals surface area contributed by atoms with Gasteiger partial charge in [0.2, 0.25) is 0 Å². The number of nitrogens with one attached hydrogen (secondary N) is 1. The molecule has 1 N–H and O–H groups in total. The van der Waals surface area contributed by atoms with E-state index in [0.717, 1.165) is 39.4 Å². The lowest BCUT2D eigenvalue weighted by Crippen LogP contribution is -2.49. The number of aryl methyl sites for hydroxylation is 1. The Morgan fingerprint density at radius 2 is 1.79 bits per heavy atom. The Balaban J connectivity index is 1.36. The molecule has 0 bridgehead atoms. The highest BCUT2D eigenvalue weighted by Gasteiger charge is 2.24. The Hall–Kier alpha value is -2.75. The van der Waals surface area contributed by atoms with Crippen molar-refractivity contribution in [3.8, 4) is 0 Å². The summed E-state index contributed by atoms with van der Waals surface area (Å²) in [5.74, 6) is 2.30. The smallest absolute Gasteiger partial charge is 0.255 e. The van der Waals surface area contributed by atoms with Gasteiger partial charge in [-0.05, 0) is 71.5 Å². The van der Waals surface area contributed by atoms with Crippen molar-refractivity contribution in [1.29, 1.82) is 0 Å². The minimum Gasteiger partial charge on any atom is -0.352 e. The van der Waals surface area contributed by atoms with E-state index >= 15 is 0 Å². The Labute approximate surface area is 183 Å². The zero-order chi connectivity index (χ0) is 20.2. The second-order valence-electron chi connectivity index (χ2n) is 6.88. The molecule has 1 aliphatic rings. The van der Waals surface area contributed by atoms with Crippen molar-refractivity contribution >= 4 is 46.0 Å². The minimum absolute atomic E-state index is 0.0888. The fourth-order valence-corrected chi connectivity index (χ4v) is 3.86. The summed E-state index contributed by atoms with van der Waals surface area (Å²) < 4.78 is 0.981. The summed E-state index contributed by atoms with van der Waals surface area (Å²) in [4.78, 5) is 21.1.